The van der Waals surface area contributed by atoms with Crippen LogP contribution in [0.5, 0.6) is 0 Å². The summed E-state index contributed by atoms with van der Waals surface area (Å²) in [5, 5.41) is 0. The highest BCUT2D eigenvalue weighted by molar-refractivity contribution is 5.81. The van der Waals surface area contributed by atoms with Crippen molar-refractivity contribution >= 4 is 0 Å². The number of benzene rings is 4. The van der Waals surface area contributed by atoms with E-state index in [2.05, 4.69) is 113 Å². The highest BCUT2D eigenvalue weighted by Gasteiger charge is 2.11. The van der Waals surface area contributed by atoms with Crippen LogP contribution in [-0.2, 0) is 6.42 Å². The molecule has 0 aliphatic carbocycles. The zero-order chi connectivity index (χ0) is 20.4. The first-order chi connectivity index (χ1) is 14.0. The molecule has 0 heteroatoms. The van der Waals surface area contributed by atoms with Crippen LogP contribution in [0.15, 0.2) is 84.9 Å². The van der Waals surface area contributed by atoms with E-state index < -0.39 is 0 Å². The van der Waals surface area contributed by atoms with Crippen molar-refractivity contribution in [3.63, 3.8) is 0 Å². The molecule has 0 atom stereocenters. The van der Waals surface area contributed by atoms with Gasteiger partial charge in [0.25, 0.3) is 0 Å². The molecule has 144 valence electrons. The minimum atomic E-state index is 1.03. The smallest absolute Gasteiger partial charge is 0.0143 e. The number of hydrogen-bond donors (Lipinski definition) is 0. The van der Waals surface area contributed by atoms with Gasteiger partial charge >= 0.3 is 0 Å². The fraction of sp³-hybridized carbons (Fsp3) is 0.172. The summed E-state index contributed by atoms with van der Waals surface area (Å²) in [4.78, 5) is 0. The predicted octanol–water partition coefficient (Wildman–Crippen LogP) is 8.18. The molecule has 0 radical (unpaired) electrons. The van der Waals surface area contributed by atoms with Gasteiger partial charge in [-0.15, -0.1) is 0 Å². The normalized spacial score (nSPS) is 10.9. The Morgan fingerprint density at radius 1 is 0.483 bits per heavy atom. The van der Waals surface area contributed by atoms with Crippen molar-refractivity contribution in [1.29, 1.82) is 0 Å². The molecule has 0 heterocycles. The Morgan fingerprint density at radius 2 is 0.931 bits per heavy atom. The average Bonchev–Trinajstić information content (AvgIpc) is 2.75. The van der Waals surface area contributed by atoms with Gasteiger partial charge in [0.1, 0.15) is 0 Å². The van der Waals surface area contributed by atoms with Crippen LogP contribution in [0.1, 0.15) is 29.2 Å². The molecule has 4 aromatic carbocycles. The Labute approximate surface area is 174 Å². The topological polar surface area (TPSA) is 0 Å². The molecule has 4 aromatic rings. The van der Waals surface area contributed by atoms with Crippen LogP contribution in [0.4, 0.5) is 0 Å². The van der Waals surface area contributed by atoms with Gasteiger partial charge in [-0.2, -0.15) is 0 Å². The number of aryl methyl sites for hydroxylation is 4. The summed E-state index contributed by atoms with van der Waals surface area (Å²) in [7, 11) is 0. The lowest BCUT2D eigenvalue weighted by Gasteiger charge is -2.15. The van der Waals surface area contributed by atoms with E-state index in [1.807, 2.05) is 0 Å². The lowest BCUT2D eigenvalue weighted by molar-refractivity contribution is 1.14. The summed E-state index contributed by atoms with van der Waals surface area (Å²) >= 11 is 0. The monoisotopic (exact) mass is 376 g/mol. The summed E-state index contributed by atoms with van der Waals surface area (Å²) in [6.07, 6.45) is 1.03. The first kappa shape index (κ1) is 19.2. The van der Waals surface area contributed by atoms with Gasteiger partial charge in [-0.05, 0) is 83.8 Å². The van der Waals surface area contributed by atoms with Crippen molar-refractivity contribution in [2.45, 2.75) is 34.1 Å². The Balaban J connectivity index is 1.84. The summed E-state index contributed by atoms with van der Waals surface area (Å²) in [5.41, 5.74) is 13.1. The second kappa shape index (κ2) is 8.09. The zero-order valence-corrected chi connectivity index (χ0v) is 17.8. The molecule has 0 saturated heterocycles. The van der Waals surface area contributed by atoms with Crippen LogP contribution >= 0.6 is 0 Å². The van der Waals surface area contributed by atoms with E-state index in [4.69, 9.17) is 0 Å². The minimum absolute atomic E-state index is 1.03. The summed E-state index contributed by atoms with van der Waals surface area (Å²) < 4.78 is 0. The molecule has 0 N–H and O–H groups in total. The van der Waals surface area contributed by atoms with Crippen LogP contribution in [0, 0.1) is 20.8 Å². The van der Waals surface area contributed by atoms with E-state index in [-0.39, 0.29) is 0 Å². The van der Waals surface area contributed by atoms with Gasteiger partial charge in [0.05, 0.1) is 0 Å². The van der Waals surface area contributed by atoms with Crippen LogP contribution in [0.25, 0.3) is 33.4 Å². The third-order valence-corrected chi connectivity index (χ3v) is 5.79. The van der Waals surface area contributed by atoms with Crippen molar-refractivity contribution in [1.82, 2.24) is 0 Å². The van der Waals surface area contributed by atoms with E-state index in [0.29, 0.717) is 0 Å². The molecule has 0 spiro atoms. The standard InChI is InChI=1S/C29H28/c1-5-23-16-17-27(25-13-8-21(3)9-14-25)19-29(23)28-18-26(15-10-22(28)4)24-11-6-20(2)7-12-24/h6-19H,5H2,1-4H3. The fourth-order valence-electron chi connectivity index (χ4n) is 3.90. The van der Waals surface area contributed by atoms with Crippen molar-refractivity contribution in [3.8, 4) is 33.4 Å². The van der Waals surface area contributed by atoms with E-state index in [9.17, 15) is 0 Å². The predicted molar refractivity (Wildman–Crippen MR) is 126 cm³/mol. The van der Waals surface area contributed by atoms with Gasteiger partial charge in [0.2, 0.25) is 0 Å². The molecule has 0 aromatic heterocycles. The SMILES string of the molecule is CCc1ccc(-c2ccc(C)cc2)cc1-c1cc(-c2ccc(C)cc2)ccc1C. The maximum Gasteiger partial charge on any atom is -0.0143 e. The van der Waals surface area contributed by atoms with E-state index >= 15 is 0 Å². The molecular weight excluding hydrogens is 348 g/mol. The van der Waals surface area contributed by atoms with Gasteiger partial charge < -0.3 is 0 Å². The van der Waals surface area contributed by atoms with E-state index in [1.165, 1.54) is 55.6 Å². The van der Waals surface area contributed by atoms with Gasteiger partial charge in [-0.1, -0.05) is 90.8 Å². The van der Waals surface area contributed by atoms with Gasteiger partial charge in [-0.3, -0.25) is 0 Å². The molecule has 0 amide bonds. The molecule has 29 heavy (non-hydrogen) atoms. The second-order valence-electron chi connectivity index (χ2n) is 7.99. The molecule has 0 aliphatic rings. The molecule has 4 rings (SSSR count). The maximum absolute atomic E-state index is 2.37. The highest BCUT2D eigenvalue weighted by atomic mass is 14.2. The molecule has 0 unspecified atom stereocenters. The number of hydrogen-bond acceptors (Lipinski definition) is 0. The Kier molecular flexibility index (Phi) is 5.36. The lowest BCUT2D eigenvalue weighted by atomic mass is 9.89. The Hall–Kier alpha value is -3.12. The molecule has 0 nitrogen and oxygen atoms in total. The zero-order valence-electron chi connectivity index (χ0n) is 17.8. The summed E-state index contributed by atoms with van der Waals surface area (Å²) in [5.74, 6) is 0. The third-order valence-electron chi connectivity index (χ3n) is 5.79. The van der Waals surface area contributed by atoms with E-state index in [1.54, 1.807) is 0 Å². The quantitative estimate of drug-likeness (QED) is 0.337. The van der Waals surface area contributed by atoms with Crippen LogP contribution in [0.2, 0.25) is 0 Å². The van der Waals surface area contributed by atoms with Crippen molar-refractivity contribution < 1.29 is 0 Å². The number of rotatable bonds is 4. The average molecular weight is 377 g/mol. The fourth-order valence-corrected chi connectivity index (χ4v) is 3.90. The first-order valence-electron chi connectivity index (χ1n) is 10.4. The third kappa shape index (κ3) is 4.03. The van der Waals surface area contributed by atoms with Crippen molar-refractivity contribution in [2.24, 2.45) is 0 Å². The largest absolute Gasteiger partial charge is 0.0613 e. The summed E-state index contributed by atoms with van der Waals surface area (Å²) in [6.45, 7) is 8.72. The second-order valence-corrected chi connectivity index (χ2v) is 7.99. The van der Waals surface area contributed by atoms with Gasteiger partial charge in [0.15, 0.2) is 0 Å². The van der Waals surface area contributed by atoms with Gasteiger partial charge in [-0.25, -0.2) is 0 Å². The van der Waals surface area contributed by atoms with Crippen LogP contribution in [0.3, 0.4) is 0 Å². The first-order valence-corrected chi connectivity index (χ1v) is 10.4. The van der Waals surface area contributed by atoms with Crippen LogP contribution in [-0.4, -0.2) is 0 Å². The molecule has 0 fully saturated rings. The summed E-state index contributed by atoms with van der Waals surface area (Å²) in [6, 6.07) is 31.4. The Morgan fingerprint density at radius 3 is 1.45 bits per heavy atom. The molecule has 0 saturated carbocycles. The van der Waals surface area contributed by atoms with Crippen molar-refractivity contribution in [2.75, 3.05) is 0 Å². The molecular formula is C29H28. The maximum atomic E-state index is 2.37. The Bertz CT molecular complexity index is 1130. The lowest BCUT2D eigenvalue weighted by Crippen LogP contribution is -1.93. The molecule has 0 aliphatic heterocycles. The highest BCUT2D eigenvalue weighted by Crippen LogP contribution is 2.35. The van der Waals surface area contributed by atoms with Crippen LogP contribution < -0.4 is 0 Å². The minimum Gasteiger partial charge on any atom is -0.0613 e. The van der Waals surface area contributed by atoms with Gasteiger partial charge in [0, 0.05) is 0 Å². The van der Waals surface area contributed by atoms with Crippen molar-refractivity contribution in [3.05, 3.63) is 107 Å². The molecule has 0 bridgehead atoms. The van der Waals surface area contributed by atoms with E-state index in [0.717, 1.165) is 6.42 Å².